The molecule has 6 heteroatoms. The van der Waals surface area contributed by atoms with E-state index < -0.39 is 5.97 Å². The van der Waals surface area contributed by atoms with Gasteiger partial charge >= 0.3 is 12.0 Å². The van der Waals surface area contributed by atoms with E-state index in [1.807, 2.05) is 0 Å². The van der Waals surface area contributed by atoms with Gasteiger partial charge in [-0.2, -0.15) is 0 Å². The van der Waals surface area contributed by atoms with Gasteiger partial charge in [0.05, 0.1) is 16.7 Å². The lowest BCUT2D eigenvalue weighted by Gasteiger charge is -2.14. The van der Waals surface area contributed by atoms with Gasteiger partial charge in [-0.3, -0.25) is 0 Å². The molecule has 2 amide bonds. The summed E-state index contributed by atoms with van der Waals surface area (Å²) in [5.74, 6) is -0.513. The Morgan fingerprint density at radius 1 is 1.32 bits per heavy atom. The van der Waals surface area contributed by atoms with Crippen molar-refractivity contribution >= 4 is 29.3 Å². The highest BCUT2D eigenvalue weighted by Crippen LogP contribution is 2.22. The average molecular weight is 285 g/mol. The number of rotatable bonds is 3. The van der Waals surface area contributed by atoms with Crippen LogP contribution in [0.15, 0.2) is 18.2 Å². The number of carbonyl (C=O) groups excluding carboxylic acids is 2. The summed E-state index contributed by atoms with van der Waals surface area (Å²) in [6, 6.07) is 4.37. The van der Waals surface area contributed by atoms with Gasteiger partial charge in [-0.25, -0.2) is 9.59 Å². The molecular weight excluding hydrogens is 268 g/mol. The van der Waals surface area contributed by atoms with Crippen molar-refractivity contribution in [3.63, 3.8) is 0 Å². The first kappa shape index (κ1) is 15.3. The number of benzene rings is 1. The van der Waals surface area contributed by atoms with Gasteiger partial charge in [-0.15, -0.1) is 0 Å². The third-order valence-electron chi connectivity index (χ3n) is 2.19. The largest absolute Gasteiger partial charge is 0.459 e. The summed E-state index contributed by atoms with van der Waals surface area (Å²) in [4.78, 5) is 24.7. The van der Waals surface area contributed by atoms with E-state index >= 15 is 0 Å². The minimum Gasteiger partial charge on any atom is -0.459 e. The van der Waals surface area contributed by atoms with E-state index in [0.29, 0.717) is 5.69 Å². The number of hydrogen-bond donors (Lipinski definition) is 1. The molecule has 19 heavy (non-hydrogen) atoms. The van der Waals surface area contributed by atoms with Crippen molar-refractivity contribution in [2.75, 3.05) is 19.4 Å². The standard InChI is InChI=1S/C13H17ClN2O3/c1-8(2)19-12(17)10-7-9(5-6-11(10)14)15-13(18)16(3)4/h5-8H,1-4H3,(H,15,18). The summed E-state index contributed by atoms with van der Waals surface area (Å²) in [5.41, 5.74) is 0.714. The van der Waals surface area contributed by atoms with Crippen LogP contribution in [0.4, 0.5) is 10.5 Å². The molecule has 0 unspecified atom stereocenters. The van der Waals surface area contributed by atoms with Gasteiger partial charge < -0.3 is 15.0 Å². The minimum atomic E-state index is -0.513. The molecule has 0 saturated carbocycles. The Labute approximate surface area is 117 Å². The van der Waals surface area contributed by atoms with Crippen molar-refractivity contribution < 1.29 is 14.3 Å². The van der Waals surface area contributed by atoms with Crippen LogP contribution in [0.5, 0.6) is 0 Å². The Bertz CT molecular complexity index is 487. The van der Waals surface area contributed by atoms with Gasteiger partial charge in [-0.1, -0.05) is 11.6 Å². The summed E-state index contributed by atoms with van der Waals surface area (Å²) in [6.45, 7) is 3.51. The average Bonchev–Trinajstić information content (AvgIpc) is 2.30. The summed E-state index contributed by atoms with van der Waals surface area (Å²) in [6.07, 6.45) is -0.233. The van der Waals surface area contributed by atoms with Crippen molar-refractivity contribution in [2.24, 2.45) is 0 Å². The molecule has 0 aromatic heterocycles. The summed E-state index contributed by atoms with van der Waals surface area (Å²) in [7, 11) is 3.25. The Kier molecular flexibility index (Phi) is 5.18. The molecular formula is C13H17ClN2O3. The van der Waals surface area contributed by atoms with Gasteiger partial charge in [0, 0.05) is 19.8 Å². The van der Waals surface area contributed by atoms with E-state index in [0.717, 1.165) is 0 Å². The highest BCUT2D eigenvalue weighted by molar-refractivity contribution is 6.33. The zero-order valence-electron chi connectivity index (χ0n) is 11.4. The number of carbonyl (C=O) groups is 2. The molecule has 0 saturated heterocycles. The van der Waals surface area contributed by atoms with Crippen LogP contribution in [0, 0.1) is 0 Å². The van der Waals surface area contributed by atoms with Crippen LogP contribution in [0.3, 0.4) is 0 Å². The molecule has 0 fully saturated rings. The quantitative estimate of drug-likeness (QED) is 0.868. The number of halogens is 1. The Balaban J connectivity index is 2.94. The number of ether oxygens (including phenoxy) is 1. The normalized spacial score (nSPS) is 10.2. The molecule has 0 heterocycles. The number of amides is 2. The van der Waals surface area contributed by atoms with Crippen LogP contribution in [0.1, 0.15) is 24.2 Å². The van der Waals surface area contributed by atoms with Crippen molar-refractivity contribution in [3.05, 3.63) is 28.8 Å². The molecule has 1 aromatic carbocycles. The van der Waals surface area contributed by atoms with Crippen molar-refractivity contribution in [3.8, 4) is 0 Å². The van der Waals surface area contributed by atoms with E-state index in [2.05, 4.69) is 5.32 Å². The lowest BCUT2D eigenvalue weighted by atomic mass is 10.2. The maximum absolute atomic E-state index is 11.8. The lowest BCUT2D eigenvalue weighted by Crippen LogP contribution is -2.27. The first-order valence-electron chi connectivity index (χ1n) is 5.80. The number of esters is 1. The van der Waals surface area contributed by atoms with Crippen LogP contribution in [-0.2, 0) is 4.74 Å². The molecule has 0 atom stereocenters. The van der Waals surface area contributed by atoms with Gasteiger partial charge in [0.2, 0.25) is 0 Å². The Hall–Kier alpha value is -1.75. The maximum atomic E-state index is 11.8. The van der Waals surface area contributed by atoms with E-state index in [1.54, 1.807) is 40.1 Å². The molecule has 1 rings (SSSR count). The third kappa shape index (κ3) is 4.44. The fourth-order valence-electron chi connectivity index (χ4n) is 1.27. The van der Waals surface area contributed by atoms with Crippen molar-refractivity contribution in [1.82, 2.24) is 4.90 Å². The SMILES string of the molecule is CC(C)OC(=O)c1cc(NC(=O)N(C)C)ccc1Cl. The van der Waals surface area contributed by atoms with E-state index in [-0.39, 0.29) is 22.7 Å². The highest BCUT2D eigenvalue weighted by Gasteiger charge is 2.15. The molecule has 5 nitrogen and oxygen atoms in total. The highest BCUT2D eigenvalue weighted by atomic mass is 35.5. The monoisotopic (exact) mass is 284 g/mol. The van der Waals surface area contributed by atoms with Crippen molar-refractivity contribution in [1.29, 1.82) is 0 Å². The fraction of sp³-hybridized carbons (Fsp3) is 0.385. The molecule has 0 aliphatic heterocycles. The Morgan fingerprint density at radius 2 is 1.95 bits per heavy atom. The molecule has 104 valence electrons. The molecule has 1 aromatic rings. The number of hydrogen-bond acceptors (Lipinski definition) is 3. The second-order valence-electron chi connectivity index (χ2n) is 4.47. The topological polar surface area (TPSA) is 58.6 Å². The van der Waals surface area contributed by atoms with Gasteiger partial charge in [0.1, 0.15) is 0 Å². The Morgan fingerprint density at radius 3 is 2.47 bits per heavy atom. The predicted molar refractivity (Wildman–Crippen MR) is 74.7 cm³/mol. The van der Waals surface area contributed by atoms with Crippen LogP contribution in [-0.4, -0.2) is 37.1 Å². The predicted octanol–water partition coefficient (Wildman–Crippen LogP) is 3.00. The van der Waals surface area contributed by atoms with E-state index in [4.69, 9.17) is 16.3 Å². The van der Waals surface area contributed by atoms with E-state index in [9.17, 15) is 9.59 Å². The van der Waals surface area contributed by atoms with Gasteiger partial charge in [0.15, 0.2) is 0 Å². The fourth-order valence-corrected chi connectivity index (χ4v) is 1.47. The third-order valence-corrected chi connectivity index (χ3v) is 2.52. The van der Waals surface area contributed by atoms with E-state index in [1.165, 1.54) is 11.0 Å². The number of urea groups is 1. The molecule has 0 aliphatic rings. The first-order valence-corrected chi connectivity index (χ1v) is 6.18. The zero-order valence-corrected chi connectivity index (χ0v) is 12.1. The van der Waals surface area contributed by atoms with Crippen LogP contribution < -0.4 is 5.32 Å². The second-order valence-corrected chi connectivity index (χ2v) is 4.88. The molecule has 0 bridgehead atoms. The van der Waals surface area contributed by atoms with Crippen LogP contribution >= 0.6 is 11.6 Å². The van der Waals surface area contributed by atoms with Gasteiger partial charge in [0.25, 0.3) is 0 Å². The lowest BCUT2D eigenvalue weighted by molar-refractivity contribution is 0.0378. The summed E-state index contributed by atoms with van der Waals surface area (Å²) >= 11 is 5.95. The van der Waals surface area contributed by atoms with Crippen molar-refractivity contribution in [2.45, 2.75) is 20.0 Å². The number of nitrogens with one attached hydrogen (secondary N) is 1. The maximum Gasteiger partial charge on any atom is 0.339 e. The summed E-state index contributed by atoms with van der Waals surface area (Å²) in [5, 5.41) is 2.92. The first-order chi connectivity index (χ1) is 8.81. The number of nitrogens with zero attached hydrogens (tertiary/aromatic N) is 1. The molecule has 1 N–H and O–H groups in total. The minimum absolute atomic E-state index is 0.229. The summed E-state index contributed by atoms with van der Waals surface area (Å²) < 4.78 is 5.08. The molecule has 0 aliphatic carbocycles. The van der Waals surface area contributed by atoms with Crippen LogP contribution in [0.2, 0.25) is 5.02 Å². The molecule has 0 spiro atoms. The van der Waals surface area contributed by atoms with Crippen LogP contribution in [0.25, 0.3) is 0 Å². The smallest absolute Gasteiger partial charge is 0.339 e. The second kappa shape index (κ2) is 6.43. The molecule has 0 radical (unpaired) electrons. The van der Waals surface area contributed by atoms with Gasteiger partial charge in [-0.05, 0) is 32.0 Å². The zero-order chi connectivity index (χ0) is 14.6. The number of anilines is 1.